The SMILES string of the molecule is CN(C)C[C@@H]1CO[C@@]2(COCCN(S(=O)(=O)C3CC3)C2)C1. The van der Waals surface area contributed by atoms with Gasteiger partial charge < -0.3 is 14.4 Å². The molecule has 0 amide bonds. The molecule has 2 atom stereocenters. The van der Waals surface area contributed by atoms with E-state index in [4.69, 9.17) is 9.47 Å². The molecule has 1 spiro atoms. The highest BCUT2D eigenvalue weighted by atomic mass is 32.2. The largest absolute Gasteiger partial charge is 0.377 e. The van der Waals surface area contributed by atoms with Gasteiger partial charge in [0.2, 0.25) is 10.0 Å². The first-order valence-electron chi connectivity index (χ1n) is 7.77. The number of rotatable bonds is 4. The van der Waals surface area contributed by atoms with Gasteiger partial charge in [-0.2, -0.15) is 4.31 Å². The summed E-state index contributed by atoms with van der Waals surface area (Å²) in [6.45, 7) is 3.55. The van der Waals surface area contributed by atoms with Crippen LogP contribution >= 0.6 is 0 Å². The number of hydrogen-bond donors (Lipinski definition) is 0. The molecule has 122 valence electrons. The zero-order chi connectivity index (χ0) is 15.1. The van der Waals surface area contributed by atoms with Crippen LogP contribution in [0.5, 0.6) is 0 Å². The van der Waals surface area contributed by atoms with E-state index in [2.05, 4.69) is 19.0 Å². The standard InChI is InChI=1S/C14H26N2O4S/c1-15(2)8-12-7-14(20-9-12)10-16(5-6-19-11-14)21(17,18)13-3-4-13/h12-13H,3-11H2,1-2H3/t12-,14+/m1/s1. The van der Waals surface area contributed by atoms with Crippen LogP contribution in [0, 0.1) is 5.92 Å². The summed E-state index contributed by atoms with van der Waals surface area (Å²) in [7, 11) is 0.955. The van der Waals surface area contributed by atoms with Crippen molar-refractivity contribution in [3.63, 3.8) is 0 Å². The summed E-state index contributed by atoms with van der Waals surface area (Å²) in [5.41, 5.74) is -0.445. The van der Waals surface area contributed by atoms with E-state index >= 15 is 0 Å². The molecule has 0 unspecified atom stereocenters. The average molecular weight is 318 g/mol. The number of ether oxygens (including phenoxy) is 2. The predicted molar refractivity (Wildman–Crippen MR) is 79.7 cm³/mol. The third-order valence-corrected chi connectivity index (χ3v) is 6.87. The Morgan fingerprint density at radius 3 is 2.76 bits per heavy atom. The molecule has 0 aromatic rings. The van der Waals surface area contributed by atoms with E-state index in [1.807, 2.05) is 0 Å². The van der Waals surface area contributed by atoms with Crippen LogP contribution in [0.4, 0.5) is 0 Å². The van der Waals surface area contributed by atoms with Gasteiger partial charge in [0.05, 0.1) is 25.1 Å². The van der Waals surface area contributed by atoms with E-state index in [0.717, 1.165) is 25.8 Å². The summed E-state index contributed by atoms with van der Waals surface area (Å²) in [6, 6.07) is 0. The summed E-state index contributed by atoms with van der Waals surface area (Å²) in [4.78, 5) is 2.16. The van der Waals surface area contributed by atoms with Crippen molar-refractivity contribution in [1.29, 1.82) is 0 Å². The molecule has 0 aromatic carbocycles. The third-order valence-electron chi connectivity index (χ3n) is 4.53. The normalized spacial score (nSPS) is 35.5. The molecule has 2 heterocycles. The first-order chi connectivity index (χ1) is 9.91. The van der Waals surface area contributed by atoms with Gasteiger partial charge in [-0.05, 0) is 39.3 Å². The van der Waals surface area contributed by atoms with E-state index in [1.165, 1.54) is 0 Å². The minimum Gasteiger partial charge on any atom is -0.377 e. The molecule has 0 N–H and O–H groups in total. The fourth-order valence-corrected chi connectivity index (χ4v) is 5.35. The van der Waals surface area contributed by atoms with Gasteiger partial charge in [-0.1, -0.05) is 0 Å². The van der Waals surface area contributed by atoms with Crippen molar-refractivity contribution in [3.05, 3.63) is 0 Å². The van der Waals surface area contributed by atoms with Crippen LogP contribution in [-0.2, 0) is 19.5 Å². The Kier molecular flexibility index (Phi) is 4.31. The fourth-order valence-electron chi connectivity index (χ4n) is 3.45. The third kappa shape index (κ3) is 3.42. The monoisotopic (exact) mass is 318 g/mol. The Labute approximate surface area is 127 Å². The van der Waals surface area contributed by atoms with Gasteiger partial charge in [-0.3, -0.25) is 0 Å². The molecule has 0 aromatic heterocycles. The molecule has 3 fully saturated rings. The first kappa shape index (κ1) is 15.7. The molecule has 21 heavy (non-hydrogen) atoms. The van der Waals surface area contributed by atoms with Crippen LogP contribution in [0.1, 0.15) is 19.3 Å². The highest BCUT2D eigenvalue weighted by Crippen LogP contribution is 2.37. The summed E-state index contributed by atoms with van der Waals surface area (Å²) < 4.78 is 38.3. The molecule has 6 nitrogen and oxygen atoms in total. The summed E-state index contributed by atoms with van der Waals surface area (Å²) in [5, 5.41) is -0.161. The minimum atomic E-state index is -3.15. The van der Waals surface area contributed by atoms with E-state index < -0.39 is 15.6 Å². The second-order valence-electron chi connectivity index (χ2n) is 6.96. The molecule has 2 saturated heterocycles. The maximum atomic E-state index is 12.5. The molecule has 1 aliphatic carbocycles. The Balaban J connectivity index is 1.71. The smallest absolute Gasteiger partial charge is 0.217 e. The molecule has 3 aliphatic rings. The van der Waals surface area contributed by atoms with Crippen molar-refractivity contribution in [2.45, 2.75) is 30.1 Å². The Bertz CT molecular complexity index is 477. The highest BCUT2D eigenvalue weighted by Gasteiger charge is 2.48. The van der Waals surface area contributed by atoms with Gasteiger partial charge in [-0.15, -0.1) is 0 Å². The number of sulfonamides is 1. The quantitative estimate of drug-likeness (QED) is 0.738. The van der Waals surface area contributed by atoms with E-state index in [9.17, 15) is 8.42 Å². The van der Waals surface area contributed by atoms with Crippen LogP contribution in [0.2, 0.25) is 0 Å². The zero-order valence-electron chi connectivity index (χ0n) is 13.0. The lowest BCUT2D eigenvalue weighted by molar-refractivity contribution is -0.0512. The van der Waals surface area contributed by atoms with Crippen molar-refractivity contribution in [2.24, 2.45) is 5.92 Å². The van der Waals surface area contributed by atoms with Gasteiger partial charge in [0.1, 0.15) is 5.60 Å². The Morgan fingerprint density at radius 2 is 2.10 bits per heavy atom. The zero-order valence-corrected chi connectivity index (χ0v) is 13.8. The average Bonchev–Trinajstić information content (AvgIpc) is 3.18. The maximum absolute atomic E-state index is 12.5. The molecule has 3 rings (SSSR count). The van der Waals surface area contributed by atoms with Crippen LogP contribution in [0.3, 0.4) is 0 Å². The summed E-state index contributed by atoms with van der Waals surface area (Å²) >= 11 is 0. The van der Waals surface area contributed by atoms with Gasteiger partial charge in [0.25, 0.3) is 0 Å². The molecule has 0 radical (unpaired) electrons. The van der Waals surface area contributed by atoms with Crippen molar-refractivity contribution in [2.75, 3.05) is 53.6 Å². The second-order valence-corrected chi connectivity index (χ2v) is 9.17. The Morgan fingerprint density at radius 1 is 1.33 bits per heavy atom. The van der Waals surface area contributed by atoms with Crippen LogP contribution in [0.25, 0.3) is 0 Å². The molecular weight excluding hydrogens is 292 g/mol. The molecular formula is C14H26N2O4S. The van der Waals surface area contributed by atoms with Gasteiger partial charge in [0, 0.05) is 19.6 Å². The van der Waals surface area contributed by atoms with Gasteiger partial charge >= 0.3 is 0 Å². The fraction of sp³-hybridized carbons (Fsp3) is 1.00. The van der Waals surface area contributed by atoms with E-state index in [-0.39, 0.29) is 5.25 Å². The lowest BCUT2D eigenvalue weighted by atomic mass is 9.94. The summed E-state index contributed by atoms with van der Waals surface area (Å²) in [6.07, 6.45) is 2.48. The first-order valence-corrected chi connectivity index (χ1v) is 9.27. The molecule has 1 saturated carbocycles. The predicted octanol–water partition coefficient (Wildman–Crippen LogP) is 0.148. The van der Waals surface area contributed by atoms with Crippen LogP contribution in [0.15, 0.2) is 0 Å². The Hall–Kier alpha value is -0.210. The van der Waals surface area contributed by atoms with Crippen molar-refractivity contribution in [1.82, 2.24) is 9.21 Å². The van der Waals surface area contributed by atoms with Crippen molar-refractivity contribution >= 4 is 10.0 Å². The van der Waals surface area contributed by atoms with Crippen LogP contribution < -0.4 is 0 Å². The molecule has 7 heteroatoms. The van der Waals surface area contributed by atoms with Gasteiger partial charge in [-0.25, -0.2) is 8.42 Å². The number of hydrogen-bond acceptors (Lipinski definition) is 5. The second kappa shape index (κ2) is 5.77. The van der Waals surface area contributed by atoms with E-state index in [1.54, 1.807) is 4.31 Å². The number of nitrogens with zero attached hydrogens (tertiary/aromatic N) is 2. The molecule has 2 aliphatic heterocycles. The van der Waals surface area contributed by atoms with Crippen molar-refractivity contribution in [3.8, 4) is 0 Å². The van der Waals surface area contributed by atoms with E-state index in [0.29, 0.717) is 38.8 Å². The van der Waals surface area contributed by atoms with Gasteiger partial charge in [0.15, 0.2) is 0 Å². The van der Waals surface area contributed by atoms with Crippen molar-refractivity contribution < 1.29 is 17.9 Å². The lowest BCUT2D eigenvalue weighted by Gasteiger charge is -2.30. The summed E-state index contributed by atoms with van der Waals surface area (Å²) in [5.74, 6) is 0.451. The minimum absolute atomic E-state index is 0.161. The van der Waals surface area contributed by atoms with Crippen LogP contribution in [-0.4, -0.2) is 82.0 Å². The maximum Gasteiger partial charge on any atom is 0.217 e. The lowest BCUT2D eigenvalue weighted by Crippen LogP contribution is -2.47. The molecule has 0 bridgehead atoms. The topological polar surface area (TPSA) is 59.1 Å². The highest BCUT2D eigenvalue weighted by molar-refractivity contribution is 7.90.